The Hall–Kier alpha value is -1.29. The van der Waals surface area contributed by atoms with E-state index in [0.717, 1.165) is 80.4 Å². The summed E-state index contributed by atoms with van der Waals surface area (Å²) in [7, 11) is 1.74. The van der Waals surface area contributed by atoms with Crippen molar-refractivity contribution in [2.75, 3.05) is 38.8 Å². The van der Waals surface area contributed by atoms with E-state index in [1.165, 1.54) is 0 Å². The molecule has 1 saturated heterocycles. The van der Waals surface area contributed by atoms with Crippen molar-refractivity contribution in [3.8, 4) is 11.3 Å². The van der Waals surface area contributed by atoms with Crippen LogP contribution in [0.5, 0.6) is 0 Å². The number of aromatic nitrogens is 2. The number of nitrogens with two attached hydrogens (primary N) is 1. The number of rotatable bonds is 9. The minimum absolute atomic E-state index is 0.337. The lowest BCUT2D eigenvalue weighted by Gasteiger charge is -2.38. The summed E-state index contributed by atoms with van der Waals surface area (Å²) in [6.45, 7) is 5.51. The number of pyridine rings is 1. The zero-order valence-electron chi connectivity index (χ0n) is 19.6. The molecule has 9 heteroatoms. The van der Waals surface area contributed by atoms with E-state index in [4.69, 9.17) is 31.8 Å². The average Bonchev–Trinajstić information content (AvgIpc) is 3.29. The molecule has 1 aliphatic carbocycles. The number of anilines is 1. The van der Waals surface area contributed by atoms with Crippen LogP contribution in [0.1, 0.15) is 51.1 Å². The van der Waals surface area contributed by atoms with E-state index in [1.54, 1.807) is 24.6 Å². The van der Waals surface area contributed by atoms with Gasteiger partial charge in [0.1, 0.15) is 0 Å². The van der Waals surface area contributed by atoms with Crippen molar-refractivity contribution in [2.45, 2.75) is 63.1 Å². The number of thiazole rings is 1. The summed E-state index contributed by atoms with van der Waals surface area (Å²) >= 11 is 8.15. The number of methoxy groups -OCH3 is 1. The Kier molecular flexibility index (Phi) is 8.59. The normalized spacial score (nSPS) is 25.2. The van der Waals surface area contributed by atoms with Crippen molar-refractivity contribution >= 4 is 28.1 Å². The lowest BCUT2D eigenvalue weighted by atomic mass is 9.77. The first-order chi connectivity index (χ1) is 16.0. The van der Waals surface area contributed by atoms with Crippen molar-refractivity contribution in [2.24, 2.45) is 11.7 Å². The van der Waals surface area contributed by atoms with Gasteiger partial charge in [-0.15, -0.1) is 11.3 Å². The van der Waals surface area contributed by atoms with E-state index in [0.29, 0.717) is 29.6 Å². The van der Waals surface area contributed by atoms with Crippen molar-refractivity contribution < 1.29 is 9.47 Å². The van der Waals surface area contributed by atoms with Crippen LogP contribution in [0.4, 0.5) is 5.13 Å². The molecule has 3 heterocycles. The van der Waals surface area contributed by atoms with Crippen LogP contribution in [0.2, 0.25) is 5.02 Å². The maximum absolute atomic E-state index is 6.87. The molecular weight excluding hydrogens is 458 g/mol. The quantitative estimate of drug-likeness (QED) is 0.476. The molecule has 2 aliphatic rings. The zero-order valence-corrected chi connectivity index (χ0v) is 21.2. The molecule has 33 heavy (non-hydrogen) atoms. The van der Waals surface area contributed by atoms with Gasteiger partial charge in [0.25, 0.3) is 0 Å². The second-order valence-corrected chi connectivity index (χ2v) is 10.7. The van der Waals surface area contributed by atoms with Crippen molar-refractivity contribution in [1.29, 1.82) is 0 Å². The van der Waals surface area contributed by atoms with Crippen LogP contribution in [-0.4, -0.2) is 55.5 Å². The lowest BCUT2D eigenvalue weighted by molar-refractivity contribution is 0.0699. The Labute approximate surface area is 205 Å². The summed E-state index contributed by atoms with van der Waals surface area (Å²) in [4.78, 5) is 9.43. The van der Waals surface area contributed by atoms with Crippen LogP contribution in [0, 0.1) is 5.92 Å². The molecule has 2 aromatic heterocycles. The van der Waals surface area contributed by atoms with Crippen LogP contribution < -0.4 is 16.4 Å². The lowest BCUT2D eigenvalue weighted by Crippen LogP contribution is -2.48. The Bertz CT molecular complexity index is 897. The summed E-state index contributed by atoms with van der Waals surface area (Å²) in [6, 6.07) is 2.84. The molecule has 4 N–H and O–H groups in total. The maximum Gasteiger partial charge on any atom is 0.183 e. The van der Waals surface area contributed by atoms with Crippen LogP contribution in [-0.2, 0) is 15.0 Å². The summed E-state index contributed by atoms with van der Waals surface area (Å²) < 4.78 is 10.7. The number of halogens is 1. The summed E-state index contributed by atoms with van der Waals surface area (Å²) in [5, 5.41) is 10.7. The molecule has 0 spiro atoms. The first kappa shape index (κ1) is 24.8. The molecule has 0 radical (unpaired) electrons. The van der Waals surface area contributed by atoms with Crippen LogP contribution in [0.25, 0.3) is 11.3 Å². The fourth-order valence-corrected chi connectivity index (χ4v) is 5.75. The topological polar surface area (TPSA) is 94.3 Å². The molecule has 0 aromatic carbocycles. The smallest absolute Gasteiger partial charge is 0.183 e. The summed E-state index contributed by atoms with van der Waals surface area (Å²) in [5.74, 6) is 0.640. The van der Waals surface area contributed by atoms with Gasteiger partial charge in [-0.1, -0.05) is 11.6 Å². The molecule has 1 aliphatic heterocycles. The highest BCUT2D eigenvalue weighted by molar-refractivity contribution is 7.14. The van der Waals surface area contributed by atoms with Gasteiger partial charge in [0, 0.05) is 56.1 Å². The Morgan fingerprint density at radius 2 is 2.06 bits per heavy atom. The third-order valence-corrected chi connectivity index (χ3v) is 7.94. The second-order valence-electron chi connectivity index (χ2n) is 9.48. The van der Waals surface area contributed by atoms with E-state index in [-0.39, 0.29) is 0 Å². The Morgan fingerprint density at radius 1 is 1.30 bits per heavy atom. The fraction of sp³-hybridized carbons (Fsp3) is 0.667. The van der Waals surface area contributed by atoms with Crippen LogP contribution >= 0.6 is 22.9 Å². The van der Waals surface area contributed by atoms with Gasteiger partial charge in [-0.25, -0.2) is 4.98 Å². The van der Waals surface area contributed by atoms with Gasteiger partial charge in [-0.05, 0) is 57.4 Å². The van der Waals surface area contributed by atoms with Gasteiger partial charge in [-0.2, -0.15) is 0 Å². The Balaban J connectivity index is 1.40. The summed E-state index contributed by atoms with van der Waals surface area (Å²) in [6.07, 6.45) is 7.72. The number of nitrogens with one attached hydrogen (secondary N) is 2. The largest absolute Gasteiger partial charge is 0.383 e. The van der Waals surface area contributed by atoms with Crippen molar-refractivity contribution in [3.63, 3.8) is 0 Å². The van der Waals surface area contributed by atoms with E-state index in [1.807, 2.05) is 6.07 Å². The SMILES string of the molecule is COC[C@H](C)NC1CCC(N)(c2cc(-c3csc(NCC4CCOCC4)n3)c(Cl)cn2)CC1. The standard InChI is InChI=1S/C24H36ClN5O2S/c1-16(14-31-2)29-18-3-7-24(26,8-4-18)22-11-19(20(25)13-27-22)21-15-33-23(30-21)28-12-17-5-9-32-10-6-17/h11,13,15-18,29H,3-10,12,14,26H2,1-2H3,(H,28,30)/t16-,18?,24?/m0/s1. The van der Waals surface area contributed by atoms with Gasteiger partial charge in [-0.3, -0.25) is 4.98 Å². The molecule has 7 nitrogen and oxygen atoms in total. The molecule has 2 fully saturated rings. The third-order valence-electron chi connectivity index (χ3n) is 6.84. The van der Waals surface area contributed by atoms with Gasteiger partial charge in [0.15, 0.2) is 5.13 Å². The molecular formula is C24H36ClN5O2S. The molecule has 1 atom stereocenters. The molecule has 0 bridgehead atoms. The predicted octanol–water partition coefficient (Wildman–Crippen LogP) is 4.42. The first-order valence-corrected chi connectivity index (χ1v) is 13.2. The maximum atomic E-state index is 6.87. The van der Waals surface area contributed by atoms with Crippen LogP contribution in [0.3, 0.4) is 0 Å². The van der Waals surface area contributed by atoms with Crippen molar-refractivity contribution in [1.82, 2.24) is 15.3 Å². The van der Waals surface area contributed by atoms with Gasteiger partial charge in [0.2, 0.25) is 0 Å². The second kappa shape index (κ2) is 11.4. The average molecular weight is 494 g/mol. The van der Waals surface area contributed by atoms with E-state index in [2.05, 4.69) is 27.9 Å². The number of hydrogen-bond acceptors (Lipinski definition) is 8. The minimum Gasteiger partial charge on any atom is -0.383 e. The summed E-state index contributed by atoms with van der Waals surface area (Å²) in [5.41, 5.74) is 9.09. The Morgan fingerprint density at radius 3 is 2.79 bits per heavy atom. The highest BCUT2D eigenvalue weighted by atomic mass is 35.5. The molecule has 1 saturated carbocycles. The van der Waals surface area contributed by atoms with Crippen LogP contribution in [0.15, 0.2) is 17.6 Å². The highest BCUT2D eigenvalue weighted by Crippen LogP contribution is 2.38. The first-order valence-electron chi connectivity index (χ1n) is 11.9. The molecule has 182 valence electrons. The molecule has 4 rings (SSSR count). The number of nitrogens with zero attached hydrogens (tertiary/aromatic N) is 2. The molecule has 0 amide bonds. The number of ether oxygens (including phenoxy) is 2. The number of hydrogen-bond donors (Lipinski definition) is 3. The highest BCUT2D eigenvalue weighted by Gasteiger charge is 2.35. The molecule has 2 aromatic rings. The fourth-order valence-electron chi connectivity index (χ4n) is 4.82. The zero-order chi connectivity index (χ0) is 23.3. The van der Waals surface area contributed by atoms with E-state index < -0.39 is 5.54 Å². The van der Waals surface area contributed by atoms with E-state index in [9.17, 15) is 0 Å². The molecule has 0 unspecified atom stereocenters. The predicted molar refractivity (Wildman–Crippen MR) is 135 cm³/mol. The minimum atomic E-state index is -0.442. The van der Waals surface area contributed by atoms with Gasteiger partial charge < -0.3 is 25.8 Å². The van der Waals surface area contributed by atoms with E-state index >= 15 is 0 Å². The van der Waals surface area contributed by atoms with Gasteiger partial charge >= 0.3 is 0 Å². The monoisotopic (exact) mass is 493 g/mol. The van der Waals surface area contributed by atoms with Gasteiger partial charge in [0.05, 0.1) is 28.6 Å². The van der Waals surface area contributed by atoms with Crippen molar-refractivity contribution in [3.05, 3.63) is 28.4 Å². The third kappa shape index (κ3) is 6.44.